The minimum atomic E-state index is -0.283. The third-order valence-electron chi connectivity index (χ3n) is 2.88. The van der Waals surface area contributed by atoms with Crippen LogP contribution in [-0.4, -0.2) is 39.6 Å². The predicted molar refractivity (Wildman–Crippen MR) is 89.9 cm³/mol. The molecule has 0 saturated carbocycles. The second-order valence-electron chi connectivity index (χ2n) is 4.36. The van der Waals surface area contributed by atoms with Gasteiger partial charge in [0, 0.05) is 13.1 Å². The van der Waals surface area contributed by atoms with Crippen molar-refractivity contribution in [3.8, 4) is 0 Å². The van der Waals surface area contributed by atoms with Gasteiger partial charge in [-0.3, -0.25) is 4.79 Å². The van der Waals surface area contributed by atoms with Crippen LogP contribution in [0.2, 0.25) is 0 Å². The number of amides is 1. The number of carbonyl (C=O) groups is 1. The molecule has 1 aromatic heterocycles. The molecule has 0 radical (unpaired) electrons. The van der Waals surface area contributed by atoms with Crippen molar-refractivity contribution in [2.45, 2.75) is 22.1 Å². The van der Waals surface area contributed by atoms with Crippen LogP contribution in [0, 0.1) is 5.82 Å². The Morgan fingerprint density at radius 1 is 1.36 bits per heavy atom. The Balaban J connectivity index is 1.91. The first-order valence-corrected chi connectivity index (χ1v) is 9.67. The van der Waals surface area contributed by atoms with Gasteiger partial charge >= 0.3 is 0 Å². The fraction of sp³-hybridized carbons (Fsp3) is 0.357. The fourth-order valence-corrected chi connectivity index (χ4v) is 4.13. The van der Waals surface area contributed by atoms with E-state index >= 15 is 0 Å². The Hall–Kier alpha value is -1.12. The molecule has 8 heteroatoms. The number of hydrogen-bond acceptors (Lipinski definition) is 6. The summed E-state index contributed by atoms with van der Waals surface area (Å²) in [6.45, 7) is 2.92. The lowest BCUT2D eigenvalue weighted by Gasteiger charge is -2.20. The fourth-order valence-electron chi connectivity index (χ4n) is 1.78. The van der Waals surface area contributed by atoms with Gasteiger partial charge in [-0.15, -0.1) is 10.2 Å². The van der Waals surface area contributed by atoms with Crippen molar-refractivity contribution in [1.29, 1.82) is 0 Å². The Morgan fingerprint density at radius 3 is 2.77 bits per heavy atom. The number of rotatable bonds is 7. The van der Waals surface area contributed by atoms with Gasteiger partial charge in [0.25, 0.3) is 0 Å². The summed E-state index contributed by atoms with van der Waals surface area (Å²) in [7, 11) is 0. The lowest BCUT2D eigenvalue weighted by Crippen LogP contribution is -2.31. The molecule has 0 bridgehead atoms. The first-order valence-electron chi connectivity index (χ1n) is 6.65. The number of hydrogen-bond donors (Lipinski definition) is 0. The van der Waals surface area contributed by atoms with Crippen LogP contribution < -0.4 is 0 Å². The van der Waals surface area contributed by atoms with Crippen LogP contribution in [0.25, 0.3) is 0 Å². The van der Waals surface area contributed by atoms with Crippen LogP contribution in [0.15, 0.2) is 32.9 Å². The quantitative estimate of drug-likeness (QED) is 0.709. The molecule has 1 heterocycles. The molecular formula is C14H16FN3OS3. The average Bonchev–Trinajstić information content (AvgIpc) is 2.98. The van der Waals surface area contributed by atoms with Gasteiger partial charge in [0.05, 0.1) is 5.75 Å². The largest absolute Gasteiger partial charge is 0.338 e. The summed E-state index contributed by atoms with van der Waals surface area (Å²) >= 11 is 4.41. The van der Waals surface area contributed by atoms with E-state index in [2.05, 4.69) is 10.2 Å². The normalized spacial score (nSPS) is 10.7. The predicted octanol–water partition coefficient (Wildman–Crippen LogP) is 3.54. The van der Waals surface area contributed by atoms with Crippen molar-refractivity contribution in [1.82, 2.24) is 15.1 Å². The molecule has 4 nitrogen and oxygen atoms in total. The molecule has 0 unspecified atom stereocenters. The molecule has 0 N–H and O–H groups in total. The minimum Gasteiger partial charge on any atom is -0.338 e. The third kappa shape index (κ3) is 4.96. The van der Waals surface area contributed by atoms with Crippen molar-refractivity contribution in [3.63, 3.8) is 0 Å². The van der Waals surface area contributed by atoms with Gasteiger partial charge in [0.2, 0.25) is 5.91 Å². The van der Waals surface area contributed by atoms with E-state index in [4.69, 9.17) is 0 Å². The molecule has 0 aliphatic carbocycles. The van der Waals surface area contributed by atoms with Gasteiger partial charge in [-0.25, -0.2) is 4.39 Å². The molecule has 0 saturated heterocycles. The maximum atomic E-state index is 13.2. The highest BCUT2D eigenvalue weighted by Crippen LogP contribution is 2.27. The number of nitrogens with zero attached hydrogens (tertiary/aromatic N) is 3. The summed E-state index contributed by atoms with van der Waals surface area (Å²) in [5.41, 5.74) is 0.792. The molecule has 1 aromatic carbocycles. The Kier molecular flexibility index (Phi) is 6.66. The summed E-state index contributed by atoms with van der Waals surface area (Å²) < 4.78 is 14.9. The van der Waals surface area contributed by atoms with Gasteiger partial charge in [-0.05, 0) is 30.9 Å². The van der Waals surface area contributed by atoms with Crippen LogP contribution in [-0.2, 0) is 11.3 Å². The minimum absolute atomic E-state index is 0.0117. The van der Waals surface area contributed by atoms with Gasteiger partial charge in [0.1, 0.15) is 5.82 Å². The highest BCUT2D eigenvalue weighted by Gasteiger charge is 2.14. The number of halogens is 1. The summed E-state index contributed by atoms with van der Waals surface area (Å²) in [6, 6.07) is 6.33. The van der Waals surface area contributed by atoms with Crippen molar-refractivity contribution < 1.29 is 9.18 Å². The van der Waals surface area contributed by atoms with E-state index in [0.29, 0.717) is 18.8 Å². The number of aromatic nitrogens is 2. The standard InChI is InChI=1S/C14H16FN3OS3/c1-3-18(8-10-5-4-6-11(15)7-10)12(19)9-21-14-17-16-13(20-2)22-14/h4-7H,3,8-9H2,1-2H3. The van der Waals surface area contributed by atoms with Crippen LogP contribution >= 0.6 is 34.9 Å². The first-order chi connectivity index (χ1) is 10.6. The smallest absolute Gasteiger partial charge is 0.233 e. The van der Waals surface area contributed by atoms with Gasteiger partial charge in [-0.2, -0.15) is 0 Å². The summed E-state index contributed by atoms with van der Waals surface area (Å²) in [6.07, 6.45) is 1.94. The van der Waals surface area contributed by atoms with Crippen LogP contribution in [0.3, 0.4) is 0 Å². The number of benzene rings is 1. The lowest BCUT2D eigenvalue weighted by atomic mass is 10.2. The number of carbonyl (C=O) groups excluding carboxylic acids is 1. The zero-order chi connectivity index (χ0) is 15.9. The zero-order valence-corrected chi connectivity index (χ0v) is 14.7. The van der Waals surface area contributed by atoms with E-state index < -0.39 is 0 Å². The summed E-state index contributed by atoms with van der Waals surface area (Å²) in [4.78, 5) is 14.0. The SMILES string of the molecule is CCN(Cc1cccc(F)c1)C(=O)CSc1nnc(SC)s1. The maximum absolute atomic E-state index is 13.2. The zero-order valence-electron chi connectivity index (χ0n) is 12.3. The van der Waals surface area contributed by atoms with Crippen LogP contribution in [0.4, 0.5) is 4.39 Å². The first kappa shape index (κ1) is 17.2. The second kappa shape index (κ2) is 8.50. The molecule has 0 aliphatic rings. The molecule has 2 aromatic rings. The van der Waals surface area contributed by atoms with Gasteiger partial charge in [0.15, 0.2) is 8.68 Å². The second-order valence-corrected chi connectivity index (χ2v) is 7.62. The molecule has 0 fully saturated rings. The highest BCUT2D eigenvalue weighted by atomic mass is 32.2. The van der Waals surface area contributed by atoms with E-state index in [0.717, 1.165) is 14.2 Å². The van der Waals surface area contributed by atoms with Crippen molar-refractivity contribution in [2.75, 3.05) is 18.6 Å². The van der Waals surface area contributed by atoms with E-state index in [1.807, 2.05) is 19.2 Å². The Labute approximate surface area is 141 Å². The van der Waals surface area contributed by atoms with E-state index in [9.17, 15) is 9.18 Å². The molecule has 1 amide bonds. The van der Waals surface area contributed by atoms with Crippen LogP contribution in [0.5, 0.6) is 0 Å². The molecule has 22 heavy (non-hydrogen) atoms. The lowest BCUT2D eigenvalue weighted by molar-refractivity contribution is -0.128. The molecule has 0 aliphatic heterocycles. The third-order valence-corrected chi connectivity index (χ3v) is 5.90. The molecular weight excluding hydrogens is 341 g/mol. The van der Waals surface area contributed by atoms with E-state index in [-0.39, 0.29) is 11.7 Å². The molecule has 0 spiro atoms. The van der Waals surface area contributed by atoms with Crippen molar-refractivity contribution in [2.24, 2.45) is 0 Å². The van der Waals surface area contributed by atoms with Crippen molar-refractivity contribution in [3.05, 3.63) is 35.6 Å². The monoisotopic (exact) mass is 357 g/mol. The van der Waals surface area contributed by atoms with E-state index in [1.165, 1.54) is 47.0 Å². The summed E-state index contributed by atoms with van der Waals surface area (Å²) in [5, 5.41) is 8.03. The van der Waals surface area contributed by atoms with Crippen LogP contribution in [0.1, 0.15) is 12.5 Å². The van der Waals surface area contributed by atoms with Gasteiger partial charge < -0.3 is 4.90 Å². The topological polar surface area (TPSA) is 46.1 Å². The maximum Gasteiger partial charge on any atom is 0.233 e. The van der Waals surface area contributed by atoms with Crippen molar-refractivity contribution >= 4 is 40.8 Å². The molecule has 2 rings (SSSR count). The Bertz CT molecular complexity index is 635. The number of thioether (sulfide) groups is 2. The van der Waals surface area contributed by atoms with E-state index in [1.54, 1.807) is 11.0 Å². The highest BCUT2D eigenvalue weighted by molar-refractivity contribution is 8.03. The summed E-state index contributed by atoms with van der Waals surface area (Å²) in [5.74, 6) is 0.0399. The van der Waals surface area contributed by atoms with Gasteiger partial charge in [-0.1, -0.05) is 47.0 Å². The molecule has 118 valence electrons. The average molecular weight is 358 g/mol. The molecule has 0 atom stereocenters. The Morgan fingerprint density at radius 2 is 2.14 bits per heavy atom.